The summed E-state index contributed by atoms with van der Waals surface area (Å²) >= 11 is 1.31. The van der Waals surface area contributed by atoms with E-state index in [9.17, 15) is 19.5 Å². The van der Waals surface area contributed by atoms with E-state index in [2.05, 4.69) is 15.3 Å². The Kier molecular flexibility index (Phi) is 9.12. The third kappa shape index (κ3) is 5.72. The summed E-state index contributed by atoms with van der Waals surface area (Å²) in [5, 5.41) is 14.7. The first-order chi connectivity index (χ1) is 16.5. The van der Waals surface area contributed by atoms with Gasteiger partial charge in [0.15, 0.2) is 5.78 Å². The Balaban J connectivity index is 0.00000180. The molecule has 2 aliphatic rings. The molecule has 3 atom stereocenters. The van der Waals surface area contributed by atoms with Crippen LogP contribution in [0.4, 0.5) is 0 Å². The molecule has 2 amide bonds. The first kappa shape index (κ1) is 27.7. The average molecular weight is 547 g/mol. The number of ether oxygens (including phenoxy) is 1. The fourth-order valence-corrected chi connectivity index (χ4v) is 5.13. The van der Waals surface area contributed by atoms with Gasteiger partial charge in [-0.3, -0.25) is 19.4 Å². The summed E-state index contributed by atoms with van der Waals surface area (Å²) in [6.45, 7) is 0.397. The standard InChI is InChI=1S/C24H22N4O5S.2H2S/c29-16-5-3-14(4-6-16)10-17(24(32)28-9-7-20-21(28)19(30)12-33-20)26-22(31)18-13-34-23(27-18)15-2-1-8-25-11-15;;/h1-6,8,11,13,17,20-21,29H,7,9-10,12H2,(H,26,31);2*1H2/t17-,20+,21+;;/m0../s1. The number of hydrogen-bond donors (Lipinski definition) is 2. The zero-order valence-corrected chi connectivity index (χ0v) is 21.9. The van der Waals surface area contributed by atoms with Gasteiger partial charge in [-0.05, 0) is 36.2 Å². The second kappa shape index (κ2) is 11.9. The molecular formula is C24H26N4O5S3. The summed E-state index contributed by atoms with van der Waals surface area (Å²) in [5.74, 6) is -0.827. The van der Waals surface area contributed by atoms with Gasteiger partial charge in [-0.1, -0.05) is 12.1 Å². The van der Waals surface area contributed by atoms with Gasteiger partial charge in [0.2, 0.25) is 5.91 Å². The molecule has 0 unspecified atom stereocenters. The number of Topliss-reactive ketones (excluding diaryl/α,β-unsaturated/α-hetero) is 1. The van der Waals surface area contributed by atoms with Crippen molar-refractivity contribution < 1.29 is 24.2 Å². The zero-order chi connectivity index (χ0) is 23.7. The Morgan fingerprint density at radius 3 is 2.72 bits per heavy atom. The summed E-state index contributed by atoms with van der Waals surface area (Å²) in [4.78, 5) is 48.9. The number of aromatic hydroxyl groups is 1. The Morgan fingerprint density at radius 2 is 2.00 bits per heavy atom. The minimum atomic E-state index is -0.910. The molecule has 2 N–H and O–H groups in total. The van der Waals surface area contributed by atoms with Crippen LogP contribution in [0.15, 0.2) is 54.2 Å². The first-order valence-corrected chi connectivity index (χ1v) is 11.8. The Labute approximate surface area is 225 Å². The third-order valence-corrected chi connectivity index (χ3v) is 6.91. The van der Waals surface area contributed by atoms with Crippen molar-refractivity contribution in [3.8, 4) is 16.3 Å². The fraction of sp³-hybridized carbons (Fsp3) is 0.292. The molecule has 2 saturated heterocycles. The van der Waals surface area contributed by atoms with Gasteiger partial charge in [0.05, 0.1) is 6.10 Å². The van der Waals surface area contributed by atoms with E-state index in [1.54, 1.807) is 36.0 Å². The van der Waals surface area contributed by atoms with Crippen molar-refractivity contribution in [1.29, 1.82) is 0 Å². The molecule has 5 rings (SSSR count). The minimum absolute atomic E-state index is 0. The second-order valence-corrected chi connectivity index (χ2v) is 9.12. The molecule has 9 nitrogen and oxygen atoms in total. The number of aromatic nitrogens is 2. The Bertz CT molecular complexity index is 1220. The molecule has 4 heterocycles. The molecule has 0 bridgehead atoms. The number of benzene rings is 1. The van der Waals surface area contributed by atoms with Gasteiger partial charge in [0.25, 0.3) is 5.91 Å². The number of amides is 2. The highest BCUT2D eigenvalue weighted by Crippen LogP contribution is 2.28. The van der Waals surface area contributed by atoms with Gasteiger partial charge >= 0.3 is 0 Å². The topological polar surface area (TPSA) is 122 Å². The number of fused-ring (bicyclic) bond motifs is 1. The fourth-order valence-electron chi connectivity index (χ4n) is 4.34. The SMILES string of the molecule is O=C(N[C@@H](Cc1ccc(O)cc1)C(=O)N1CC[C@H]2OCC(=O)[C@H]21)c1csc(-c2cccnc2)n1.S.S. The molecule has 0 spiro atoms. The van der Waals surface area contributed by atoms with Crippen LogP contribution in [0.25, 0.3) is 10.6 Å². The molecule has 2 aromatic heterocycles. The maximum atomic E-state index is 13.5. The van der Waals surface area contributed by atoms with E-state index in [4.69, 9.17) is 4.74 Å². The smallest absolute Gasteiger partial charge is 0.271 e. The lowest BCUT2D eigenvalue weighted by molar-refractivity contribution is -0.138. The van der Waals surface area contributed by atoms with Crippen LogP contribution in [0.2, 0.25) is 0 Å². The van der Waals surface area contributed by atoms with E-state index < -0.39 is 18.0 Å². The molecule has 1 aromatic carbocycles. The van der Waals surface area contributed by atoms with Gasteiger partial charge in [-0.15, -0.1) is 11.3 Å². The van der Waals surface area contributed by atoms with Crippen molar-refractivity contribution in [1.82, 2.24) is 20.2 Å². The lowest BCUT2D eigenvalue weighted by atomic mass is 10.0. The zero-order valence-electron chi connectivity index (χ0n) is 19.1. The van der Waals surface area contributed by atoms with E-state index >= 15 is 0 Å². The molecule has 0 aliphatic carbocycles. The molecule has 36 heavy (non-hydrogen) atoms. The van der Waals surface area contributed by atoms with Gasteiger partial charge in [0, 0.05) is 36.3 Å². The predicted octanol–water partition coefficient (Wildman–Crippen LogP) is 2.05. The molecule has 190 valence electrons. The summed E-state index contributed by atoms with van der Waals surface area (Å²) in [6, 6.07) is 8.58. The number of hydrogen-bond acceptors (Lipinski definition) is 8. The van der Waals surface area contributed by atoms with E-state index in [0.717, 1.165) is 11.1 Å². The van der Waals surface area contributed by atoms with Crippen LogP contribution in [0, 0.1) is 0 Å². The number of rotatable bonds is 6. The summed E-state index contributed by atoms with van der Waals surface area (Å²) in [6.07, 6.45) is 3.83. The highest BCUT2D eigenvalue weighted by atomic mass is 32.1. The number of nitrogens with one attached hydrogen (secondary N) is 1. The Hall–Kier alpha value is -2.93. The number of phenolic OH excluding ortho intramolecular Hbond substituents is 1. The first-order valence-electron chi connectivity index (χ1n) is 10.9. The van der Waals surface area contributed by atoms with E-state index in [0.29, 0.717) is 18.0 Å². The van der Waals surface area contributed by atoms with Gasteiger partial charge in [0.1, 0.15) is 35.1 Å². The van der Waals surface area contributed by atoms with Crippen molar-refractivity contribution in [3.05, 3.63) is 65.4 Å². The van der Waals surface area contributed by atoms with Crippen LogP contribution in [-0.4, -0.2) is 68.9 Å². The molecule has 2 aliphatic heterocycles. The normalized spacial score (nSPS) is 19.1. The van der Waals surface area contributed by atoms with Gasteiger partial charge < -0.3 is 20.1 Å². The molecule has 0 saturated carbocycles. The predicted molar refractivity (Wildman–Crippen MR) is 144 cm³/mol. The van der Waals surface area contributed by atoms with Gasteiger partial charge in [-0.2, -0.15) is 27.0 Å². The van der Waals surface area contributed by atoms with Crippen LogP contribution in [0.1, 0.15) is 22.5 Å². The number of nitrogens with zero attached hydrogens (tertiary/aromatic N) is 3. The van der Waals surface area contributed by atoms with Crippen molar-refractivity contribution in [2.45, 2.75) is 31.0 Å². The lowest BCUT2D eigenvalue weighted by Gasteiger charge is -2.27. The van der Waals surface area contributed by atoms with Crippen LogP contribution in [-0.2, 0) is 20.7 Å². The highest BCUT2D eigenvalue weighted by Gasteiger charge is 2.48. The van der Waals surface area contributed by atoms with E-state index in [-0.39, 0.29) is 69.3 Å². The highest BCUT2D eigenvalue weighted by molar-refractivity contribution is 7.59. The van der Waals surface area contributed by atoms with Crippen LogP contribution in [0.5, 0.6) is 5.75 Å². The summed E-state index contributed by atoms with van der Waals surface area (Å²) in [5.41, 5.74) is 1.76. The number of thiazole rings is 1. The van der Waals surface area contributed by atoms with Crippen molar-refractivity contribution >= 4 is 55.9 Å². The van der Waals surface area contributed by atoms with E-state index in [1.165, 1.54) is 28.4 Å². The minimum Gasteiger partial charge on any atom is -0.508 e. The number of carbonyl (C=O) groups excluding carboxylic acids is 3. The second-order valence-electron chi connectivity index (χ2n) is 8.26. The van der Waals surface area contributed by atoms with Crippen molar-refractivity contribution in [2.75, 3.05) is 13.2 Å². The maximum Gasteiger partial charge on any atom is 0.271 e. The lowest BCUT2D eigenvalue weighted by Crippen LogP contribution is -2.53. The van der Waals surface area contributed by atoms with Gasteiger partial charge in [-0.25, -0.2) is 4.98 Å². The Morgan fingerprint density at radius 1 is 1.22 bits per heavy atom. The molecular weight excluding hydrogens is 520 g/mol. The third-order valence-electron chi connectivity index (χ3n) is 6.02. The number of phenols is 1. The molecule has 3 aromatic rings. The number of carbonyl (C=O) groups is 3. The van der Waals surface area contributed by atoms with Crippen LogP contribution < -0.4 is 5.32 Å². The van der Waals surface area contributed by atoms with Crippen molar-refractivity contribution in [2.24, 2.45) is 0 Å². The number of likely N-dealkylation sites (tertiary alicyclic amines) is 1. The molecule has 0 radical (unpaired) electrons. The van der Waals surface area contributed by atoms with Crippen molar-refractivity contribution in [3.63, 3.8) is 0 Å². The average Bonchev–Trinajstić information content (AvgIpc) is 3.58. The van der Waals surface area contributed by atoms with Crippen LogP contribution in [0.3, 0.4) is 0 Å². The maximum absolute atomic E-state index is 13.5. The monoisotopic (exact) mass is 546 g/mol. The summed E-state index contributed by atoms with van der Waals surface area (Å²) < 4.78 is 5.50. The van der Waals surface area contributed by atoms with E-state index in [1.807, 2.05) is 6.07 Å². The molecule has 12 heteroatoms. The quantitative estimate of drug-likeness (QED) is 0.485. The number of pyridine rings is 1. The van der Waals surface area contributed by atoms with Crippen LogP contribution >= 0.6 is 38.3 Å². The number of ketones is 1. The summed E-state index contributed by atoms with van der Waals surface area (Å²) in [7, 11) is 0. The largest absolute Gasteiger partial charge is 0.508 e. The molecule has 2 fully saturated rings.